The lowest BCUT2D eigenvalue weighted by Crippen LogP contribution is -2.18. The smallest absolute Gasteiger partial charge is 0.380 e. The van der Waals surface area contributed by atoms with Gasteiger partial charge >= 0.3 is 5.97 Å². The van der Waals surface area contributed by atoms with Gasteiger partial charge in [-0.15, -0.1) is 11.3 Å². The van der Waals surface area contributed by atoms with Gasteiger partial charge < -0.3 is 20.1 Å². The third-order valence-corrected chi connectivity index (χ3v) is 3.55. The summed E-state index contributed by atoms with van der Waals surface area (Å²) in [6.07, 6.45) is -2.28. The zero-order chi connectivity index (χ0) is 14.4. The van der Waals surface area contributed by atoms with Crippen LogP contribution in [0.1, 0.15) is 34.0 Å². The Labute approximate surface area is 114 Å². The molecule has 0 fully saturated rings. The van der Waals surface area contributed by atoms with Crippen LogP contribution in [-0.2, 0) is 9.53 Å². The summed E-state index contributed by atoms with van der Waals surface area (Å²) in [5.74, 6) is -1.72. The minimum Gasteiger partial charge on any atom is -0.460 e. The molecule has 1 rings (SSSR count). The monoisotopic (exact) mass is 288 g/mol. The van der Waals surface area contributed by atoms with Gasteiger partial charge in [-0.3, -0.25) is 4.79 Å². The Balaban J connectivity index is 2.76. The molecule has 0 aliphatic carbocycles. The topological polar surface area (TPSA) is 104 Å². The standard InChI is InChI=1S/C12H16O6S/c1-2-18-12(17)11(16)9-4-3-8(19-9)10(15)7(14)5-6-13/h3-4,7,10,13-15H,2,5-6H2,1H3. The third-order valence-electron chi connectivity index (χ3n) is 2.39. The summed E-state index contributed by atoms with van der Waals surface area (Å²) in [6, 6.07) is 2.86. The van der Waals surface area contributed by atoms with Crippen LogP contribution in [0, 0.1) is 0 Å². The molecular weight excluding hydrogens is 272 g/mol. The molecule has 0 spiro atoms. The Morgan fingerprint density at radius 3 is 2.63 bits per heavy atom. The first-order chi connectivity index (χ1) is 9.01. The minimum atomic E-state index is -1.19. The van der Waals surface area contributed by atoms with Crippen molar-refractivity contribution in [1.82, 2.24) is 0 Å². The molecule has 0 aliphatic rings. The van der Waals surface area contributed by atoms with Gasteiger partial charge in [-0.05, 0) is 25.5 Å². The van der Waals surface area contributed by atoms with E-state index in [4.69, 9.17) is 5.11 Å². The highest BCUT2D eigenvalue weighted by atomic mass is 32.1. The number of Topliss-reactive ketones (excluding diaryl/α,β-unsaturated/α-hetero) is 1. The number of hydrogen-bond acceptors (Lipinski definition) is 7. The molecule has 0 saturated carbocycles. The molecular formula is C12H16O6S. The number of esters is 1. The normalized spacial score (nSPS) is 13.9. The minimum absolute atomic E-state index is 0.0280. The molecule has 19 heavy (non-hydrogen) atoms. The summed E-state index contributed by atoms with van der Waals surface area (Å²) in [5.41, 5.74) is 0. The quantitative estimate of drug-likeness (QED) is 0.378. The van der Waals surface area contributed by atoms with E-state index in [9.17, 15) is 19.8 Å². The maximum absolute atomic E-state index is 11.6. The van der Waals surface area contributed by atoms with E-state index in [2.05, 4.69) is 4.74 Å². The molecule has 6 nitrogen and oxygen atoms in total. The van der Waals surface area contributed by atoms with Gasteiger partial charge in [0.2, 0.25) is 0 Å². The summed E-state index contributed by atoms with van der Waals surface area (Å²) < 4.78 is 4.59. The number of aliphatic hydroxyl groups excluding tert-OH is 3. The zero-order valence-corrected chi connectivity index (χ0v) is 11.2. The van der Waals surface area contributed by atoms with Crippen molar-refractivity contribution in [2.75, 3.05) is 13.2 Å². The van der Waals surface area contributed by atoms with Crippen molar-refractivity contribution in [3.8, 4) is 0 Å². The molecule has 3 N–H and O–H groups in total. The highest BCUT2D eigenvalue weighted by Crippen LogP contribution is 2.27. The van der Waals surface area contributed by atoms with Crippen LogP contribution in [0.2, 0.25) is 0 Å². The van der Waals surface area contributed by atoms with Crippen LogP contribution < -0.4 is 0 Å². The molecule has 106 valence electrons. The van der Waals surface area contributed by atoms with E-state index in [1.165, 1.54) is 12.1 Å². The fraction of sp³-hybridized carbons (Fsp3) is 0.500. The van der Waals surface area contributed by atoms with Gasteiger partial charge in [-0.25, -0.2) is 4.79 Å². The fourth-order valence-electron chi connectivity index (χ4n) is 1.41. The second-order valence-corrected chi connectivity index (χ2v) is 4.89. The number of rotatable bonds is 7. The average molecular weight is 288 g/mol. The van der Waals surface area contributed by atoms with E-state index in [0.29, 0.717) is 4.88 Å². The van der Waals surface area contributed by atoms with Crippen LogP contribution >= 0.6 is 11.3 Å². The van der Waals surface area contributed by atoms with Gasteiger partial charge in [0.25, 0.3) is 5.78 Å². The summed E-state index contributed by atoms with van der Waals surface area (Å²) in [6.45, 7) is 1.46. The van der Waals surface area contributed by atoms with E-state index in [1.807, 2.05) is 0 Å². The molecule has 1 aromatic rings. The van der Waals surface area contributed by atoms with Crippen LogP contribution in [0.25, 0.3) is 0 Å². The number of ketones is 1. The Morgan fingerprint density at radius 2 is 2.05 bits per heavy atom. The van der Waals surface area contributed by atoms with Gasteiger partial charge in [0.1, 0.15) is 6.10 Å². The Kier molecular flexibility index (Phi) is 6.10. The number of hydrogen-bond donors (Lipinski definition) is 3. The van der Waals surface area contributed by atoms with Crippen LogP contribution in [0.15, 0.2) is 12.1 Å². The Hall–Kier alpha value is -1.28. The van der Waals surface area contributed by atoms with Crippen molar-refractivity contribution in [1.29, 1.82) is 0 Å². The number of thiophene rings is 1. The predicted molar refractivity (Wildman–Crippen MR) is 68.0 cm³/mol. The maximum Gasteiger partial charge on any atom is 0.380 e. The molecule has 0 amide bonds. The first-order valence-corrected chi connectivity index (χ1v) is 6.61. The lowest BCUT2D eigenvalue weighted by atomic mass is 10.1. The first kappa shape index (κ1) is 15.8. The Morgan fingerprint density at radius 1 is 1.37 bits per heavy atom. The first-order valence-electron chi connectivity index (χ1n) is 5.79. The van der Waals surface area contributed by atoms with Crippen molar-refractivity contribution in [2.45, 2.75) is 25.6 Å². The summed E-state index contributed by atoms with van der Waals surface area (Å²) in [7, 11) is 0. The lowest BCUT2D eigenvalue weighted by molar-refractivity contribution is -0.137. The fourth-order valence-corrected chi connectivity index (χ4v) is 2.39. The molecule has 2 atom stereocenters. The van der Waals surface area contributed by atoms with Crippen molar-refractivity contribution in [3.63, 3.8) is 0 Å². The van der Waals surface area contributed by atoms with Crippen molar-refractivity contribution >= 4 is 23.1 Å². The molecule has 1 heterocycles. The van der Waals surface area contributed by atoms with E-state index in [0.717, 1.165) is 11.3 Å². The van der Waals surface area contributed by atoms with Gasteiger partial charge in [0, 0.05) is 11.5 Å². The van der Waals surface area contributed by atoms with Gasteiger partial charge in [0.05, 0.1) is 17.6 Å². The van der Waals surface area contributed by atoms with E-state index >= 15 is 0 Å². The van der Waals surface area contributed by atoms with Crippen LogP contribution in [0.4, 0.5) is 0 Å². The molecule has 1 aromatic heterocycles. The molecule has 0 aliphatic heterocycles. The van der Waals surface area contributed by atoms with Gasteiger partial charge in [-0.1, -0.05) is 0 Å². The highest BCUT2D eigenvalue weighted by molar-refractivity contribution is 7.14. The largest absolute Gasteiger partial charge is 0.460 e. The van der Waals surface area contributed by atoms with Crippen molar-refractivity contribution in [2.24, 2.45) is 0 Å². The number of carbonyl (C=O) groups is 2. The highest BCUT2D eigenvalue weighted by Gasteiger charge is 2.24. The second kappa shape index (κ2) is 7.34. The van der Waals surface area contributed by atoms with E-state index in [-0.39, 0.29) is 24.5 Å². The molecule has 0 bridgehead atoms. The molecule has 2 unspecified atom stereocenters. The zero-order valence-electron chi connectivity index (χ0n) is 10.4. The SMILES string of the molecule is CCOC(=O)C(=O)c1ccc(C(O)C(O)CCO)s1. The lowest BCUT2D eigenvalue weighted by Gasteiger charge is -2.14. The third kappa shape index (κ3) is 4.10. The van der Waals surface area contributed by atoms with E-state index < -0.39 is 24.0 Å². The predicted octanol–water partition coefficient (Wildman–Crippen LogP) is 0.271. The Bertz CT molecular complexity index is 441. The van der Waals surface area contributed by atoms with Crippen LogP contribution in [0.5, 0.6) is 0 Å². The second-order valence-electron chi connectivity index (χ2n) is 3.78. The summed E-state index contributed by atoms with van der Waals surface area (Å²) in [5, 5.41) is 28.0. The van der Waals surface area contributed by atoms with Crippen molar-refractivity contribution < 1.29 is 29.6 Å². The van der Waals surface area contributed by atoms with Crippen LogP contribution in [-0.4, -0.2) is 46.4 Å². The number of carbonyl (C=O) groups excluding carboxylic acids is 2. The maximum atomic E-state index is 11.6. The van der Waals surface area contributed by atoms with Gasteiger partial charge in [0.15, 0.2) is 0 Å². The summed E-state index contributed by atoms with van der Waals surface area (Å²) in [4.78, 5) is 23.4. The van der Waals surface area contributed by atoms with E-state index in [1.54, 1.807) is 6.92 Å². The molecule has 0 radical (unpaired) electrons. The van der Waals surface area contributed by atoms with Crippen molar-refractivity contribution in [3.05, 3.63) is 21.9 Å². The molecule has 0 saturated heterocycles. The molecule has 0 aromatic carbocycles. The van der Waals surface area contributed by atoms with Crippen LogP contribution in [0.3, 0.4) is 0 Å². The summed E-state index contributed by atoms with van der Waals surface area (Å²) >= 11 is 0.915. The number of ether oxygens (including phenoxy) is 1. The average Bonchev–Trinajstić information content (AvgIpc) is 2.87. The number of aliphatic hydroxyl groups is 3. The van der Waals surface area contributed by atoms with Gasteiger partial charge in [-0.2, -0.15) is 0 Å². The molecule has 7 heteroatoms.